The Labute approximate surface area is 76.8 Å². The van der Waals surface area contributed by atoms with Gasteiger partial charge in [-0.15, -0.1) is 6.42 Å². The van der Waals surface area contributed by atoms with Crippen LogP contribution >= 0.6 is 0 Å². The molecule has 0 saturated heterocycles. The molecule has 1 aromatic rings. The Hall–Kier alpha value is -1.82. The van der Waals surface area contributed by atoms with Gasteiger partial charge in [-0.3, -0.25) is 0 Å². The van der Waals surface area contributed by atoms with Crippen molar-refractivity contribution in [3.8, 4) is 12.3 Å². The highest BCUT2D eigenvalue weighted by Crippen LogP contribution is 2.07. The number of aromatic nitrogens is 1. The molecule has 0 amide bonds. The predicted octanol–water partition coefficient (Wildman–Crippen LogP) is 1.16. The summed E-state index contributed by atoms with van der Waals surface area (Å²) in [5.74, 6) is 1.88. The molecule has 3 nitrogen and oxygen atoms in total. The van der Waals surface area contributed by atoms with Crippen molar-refractivity contribution in [2.45, 2.75) is 6.92 Å². The van der Waals surface area contributed by atoms with Crippen molar-refractivity contribution in [1.82, 2.24) is 4.98 Å². The Morgan fingerprint density at radius 3 is 2.92 bits per heavy atom. The van der Waals surface area contributed by atoms with Crippen LogP contribution in [0.3, 0.4) is 0 Å². The molecule has 0 fully saturated rings. The van der Waals surface area contributed by atoms with E-state index in [0.29, 0.717) is 5.56 Å². The van der Waals surface area contributed by atoms with Gasteiger partial charge in [0.05, 0.1) is 12.7 Å². The number of rotatable bonds is 1. The van der Waals surface area contributed by atoms with E-state index in [1.54, 1.807) is 12.3 Å². The van der Waals surface area contributed by atoms with Gasteiger partial charge in [-0.05, 0) is 18.6 Å². The zero-order valence-corrected chi connectivity index (χ0v) is 7.50. The van der Waals surface area contributed by atoms with Crippen LogP contribution in [0.25, 0.3) is 0 Å². The number of ether oxygens (including phenoxy) is 1. The van der Waals surface area contributed by atoms with Gasteiger partial charge in [0.15, 0.2) is 5.69 Å². The predicted molar refractivity (Wildman–Crippen MR) is 48.2 cm³/mol. The van der Waals surface area contributed by atoms with Gasteiger partial charge in [-0.2, -0.15) is 0 Å². The maximum atomic E-state index is 11.1. The van der Waals surface area contributed by atoms with Crippen LogP contribution in [-0.4, -0.2) is 18.1 Å². The molecule has 0 radical (unpaired) electrons. The van der Waals surface area contributed by atoms with Crippen LogP contribution in [0.5, 0.6) is 0 Å². The third kappa shape index (κ3) is 1.85. The smallest absolute Gasteiger partial charge is 0.357 e. The van der Waals surface area contributed by atoms with E-state index in [9.17, 15) is 4.79 Å². The highest BCUT2D eigenvalue weighted by molar-refractivity contribution is 5.90. The van der Waals surface area contributed by atoms with E-state index in [0.717, 1.165) is 5.56 Å². The number of nitrogens with zero attached hydrogens (tertiary/aromatic N) is 1. The minimum atomic E-state index is -0.507. The Kier molecular flexibility index (Phi) is 2.65. The molecule has 0 unspecified atom stereocenters. The van der Waals surface area contributed by atoms with Crippen molar-refractivity contribution < 1.29 is 9.53 Å². The number of terminal acetylenes is 1. The quantitative estimate of drug-likeness (QED) is 0.475. The number of hydrogen-bond donors (Lipinski definition) is 0. The van der Waals surface area contributed by atoms with E-state index in [1.165, 1.54) is 7.11 Å². The average Bonchev–Trinajstić information content (AvgIpc) is 2.16. The lowest BCUT2D eigenvalue weighted by molar-refractivity contribution is 0.0593. The zero-order valence-electron chi connectivity index (χ0n) is 7.50. The number of pyridine rings is 1. The second-order valence-corrected chi connectivity index (χ2v) is 2.54. The highest BCUT2D eigenvalue weighted by atomic mass is 16.5. The summed E-state index contributed by atoms with van der Waals surface area (Å²) in [6.07, 6.45) is 6.79. The summed E-state index contributed by atoms with van der Waals surface area (Å²) >= 11 is 0. The van der Waals surface area contributed by atoms with Crippen molar-refractivity contribution in [2.24, 2.45) is 0 Å². The van der Waals surface area contributed by atoms with Crippen LogP contribution in [0.4, 0.5) is 0 Å². The molecule has 13 heavy (non-hydrogen) atoms. The van der Waals surface area contributed by atoms with Crippen molar-refractivity contribution in [2.75, 3.05) is 7.11 Å². The first-order chi connectivity index (χ1) is 6.19. The van der Waals surface area contributed by atoms with Gasteiger partial charge >= 0.3 is 5.97 Å². The van der Waals surface area contributed by atoms with Gasteiger partial charge in [-0.1, -0.05) is 5.92 Å². The largest absolute Gasteiger partial charge is 0.464 e. The van der Waals surface area contributed by atoms with E-state index in [1.807, 2.05) is 6.92 Å². The molecular formula is C10H9NO2. The first kappa shape index (κ1) is 9.27. The second kappa shape index (κ2) is 3.72. The molecule has 0 aliphatic heterocycles. The summed E-state index contributed by atoms with van der Waals surface area (Å²) in [7, 11) is 1.30. The van der Waals surface area contributed by atoms with E-state index in [2.05, 4.69) is 15.6 Å². The van der Waals surface area contributed by atoms with E-state index < -0.39 is 5.97 Å². The summed E-state index contributed by atoms with van der Waals surface area (Å²) in [6.45, 7) is 1.86. The summed E-state index contributed by atoms with van der Waals surface area (Å²) in [4.78, 5) is 15.0. The lowest BCUT2D eigenvalue weighted by atomic mass is 10.1. The minimum absolute atomic E-state index is 0.190. The first-order valence-corrected chi connectivity index (χ1v) is 3.70. The van der Waals surface area contributed by atoms with Crippen molar-refractivity contribution >= 4 is 5.97 Å². The molecule has 0 saturated carbocycles. The van der Waals surface area contributed by atoms with Crippen LogP contribution in [0.2, 0.25) is 0 Å². The molecular weight excluding hydrogens is 166 g/mol. The molecule has 0 spiro atoms. The van der Waals surface area contributed by atoms with Gasteiger partial charge < -0.3 is 4.74 Å². The molecule has 0 aromatic carbocycles. The van der Waals surface area contributed by atoms with Gasteiger partial charge in [0.2, 0.25) is 0 Å². The van der Waals surface area contributed by atoms with Crippen LogP contribution in [0.15, 0.2) is 12.3 Å². The van der Waals surface area contributed by atoms with Gasteiger partial charge in [0.1, 0.15) is 0 Å². The molecule has 66 valence electrons. The second-order valence-electron chi connectivity index (χ2n) is 2.54. The van der Waals surface area contributed by atoms with Crippen LogP contribution in [-0.2, 0) is 4.74 Å². The Balaban J connectivity index is 3.23. The number of carbonyl (C=O) groups is 1. The lowest BCUT2D eigenvalue weighted by Gasteiger charge is -2.01. The highest BCUT2D eigenvalue weighted by Gasteiger charge is 2.11. The molecule has 0 aliphatic rings. The fraction of sp³-hybridized carbons (Fsp3) is 0.200. The number of aryl methyl sites for hydroxylation is 1. The number of esters is 1. The summed E-state index contributed by atoms with van der Waals surface area (Å²) in [5, 5.41) is 0. The molecule has 0 aliphatic carbocycles. The topological polar surface area (TPSA) is 39.2 Å². The third-order valence-electron chi connectivity index (χ3n) is 1.56. The maximum absolute atomic E-state index is 11.1. The number of hydrogen-bond acceptors (Lipinski definition) is 3. The van der Waals surface area contributed by atoms with Crippen LogP contribution < -0.4 is 0 Å². The standard InChI is InChI=1S/C10H9NO2/c1-4-8-5-7(2)6-11-9(8)10(12)13-3/h1,5-6H,2-3H3. The molecule has 0 N–H and O–H groups in total. The molecule has 3 heteroatoms. The molecule has 0 bridgehead atoms. The summed E-state index contributed by atoms with van der Waals surface area (Å²) in [6, 6.07) is 1.72. The van der Waals surface area contributed by atoms with Gasteiger partial charge in [0.25, 0.3) is 0 Å². The van der Waals surface area contributed by atoms with E-state index in [-0.39, 0.29) is 5.69 Å². The maximum Gasteiger partial charge on any atom is 0.357 e. The molecule has 1 aromatic heterocycles. The summed E-state index contributed by atoms with van der Waals surface area (Å²) in [5.41, 5.74) is 1.57. The van der Waals surface area contributed by atoms with Gasteiger partial charge in [0, 0.05) is 6.20 Å². The average molecular weight is 175 g/mol. The Morgan fingerprint density at radius 2 is 2.38 bits per heavy atom. The zero-order chi connectivity index (χ0) is 9.84. The fourth-order valence-electron chi connectivity index (χ4n) is 0.939. The lowest BCUT2D eigenvalue weighted by Crippen LogP contribution is -2.07. The summed E-state index contributed by atoms with van der Waals surface area (Å²) < 4.78 is 4.52. The Bertz CT molecular complexity index is 377. The molecule has 1 rings (SSSR count). The van der Waals surface area contributed by atoms with Crippen molar-refractivity contribution in [3.63, 3.8) is 0 Å². The number of methoxy groups -OCH3 is 1. The third-order valence-corrected chi connectivity index (χ3v) is 1.56. The van der Waals surface area contributed by atoms with Crippen LogP contribution in [0.1, 0.15) is 21.6 Å². The van der Waals surface area contributed by atoms with Crippen molar-refractivity contribution in [1.29, 1.82) is 0 Å². The van der Waals surface area contributed by atoms with E-state index >= 15 is 0 Å². The fourth-order valence-corrected chi connectivity index (χ4v) is 0.939. The van der Waals surface area contributed by atoms with Crippen LogP contribution in [0, 0.1) is 19.3 Å². The van der Waals surface area contributed by atoms with Crippen molar-refractivity contribution in [3.05, 3.63) is 29.1 Å². The van der Waals surface area contributed by atoms with Gasteiger partial charge in [-0.25, -0.2) is 9.78 Å². The Morgan fingerprint density at radius 1 is 1.69 bits per heavy atom. The molecule has 0 atom stereocenters. The normalized spacial score (nSPS) is 9.00. The van der Waals surface area contributed by atoms with E-state index in [4.69, 9.17) is 6.42 Å². The SMILES string of the molecule is C#Cc1cc(C)cnc1C(=O)OC. The number of carbonyl (C=O) groups excluding carboxylic acids is 1. The monoisotopic (exact) mass is 175 g/mol. The first-order valence-electron chi connectivity index (χ1n) is 3.70. The molecule has 1 heterocycles. The minimum Gasteiger partial charge on any atom is -0.464 e.